The summed E-state index contributed by atoms with van der Waals surface area (Å²) in [6.07, 6.45) is 0.857. The summed E-state index contributed by atoms with van der Waals surface area (Å²) >= 11 is 0. The lowest BCUT2D eigenvalue weighted by Crippen LogP contribution is -2.02. The van der Waals surface area contributed by atoms with Crippen molar-refractivity contribution in [3.8, 4) is 11.5 Å². The van der Waals surface area contributed by atoms with Crippen LogP contribution in [0.15, 0.2) is 12.1 Å². The lowest BCUT2D eigenvalue weighted by atomic mass is 10.0. The van der Waals surface area contributed by atoms with E-state index in [0.717, 1.165) is 40.0 Å². The summed E-state index contributed by atoms with van der Waals surface area (Å²) in [6.45, 7) is 4.04. The number of nitrogens with two attached hydrogens (primary N) is 1. The standard InChI is InChI=1S/C14H18N2O2/c1-5-10-8(2)16-11-6-9(17-3)7-12(18-4)13(11)14(10)15/h6-7H,5H2,1-4H3,(H2,15,16). The number of ether oxygens (including phenoxy) is 2. The second-order valence-corrected chi connectivity index (χ2v) is 4.17. The van der Waals surface area contributed by atoms with Gasteiger partial charge in [-0.25, -0.2) is 0 Å². The molecule has 0 saturated heterocycles. The van der Waals surface area contributed by atoms with Crippen LogP contribution in [0, 0.1) is 6.92 Å². The van der Waals surface area contributed by atoms with E-state index in [2.05, 4.69) is 11.9 Å². The van der Waals surface area contributed by atoms with E-state index >= 15 is 0 Å². The van der Waals surface area contributed by atoms with E-state index in [9.17, 15) is 0 Å². The third-order valence-electron chi connectivity index (χ3n) is 3.18. The Labute approximate surface area is 107 Å². The molecule has 4 nitrogen and oxygen atoms in total. The smallest absolute Gasteiger partial charge is 0.134 e. The molecule has 0 aliphatic heterocycles. The molecule has 18 heavy (non-hydrogen) atoms. The highest BCUT2D eigenvalue weighted by molar-refractivity contribution is 5.98. The van der Waals surface area contributed by atoms with Crippen molar-refractivity contribution in [3.05, 3.63) is 23.4 Å². The van der Waals surface area contributed by atoms with Gasteiger partial charge in [0.1, 0.15) is 11.5 Å². The minimum absolute atomic E-state index is 0.698. The lowest BCUT2D eigenvalue weighted by molar-refractivity contribution is 0.398. The van der Waals surface area contributed by atoms with E-state index in [1.807, 2.05) is 19.1 Å². The third-order valence-corrected chi connectivity index (χ3v) is 3.18. The molecular formula is C14H18N2O2. The predicted octanol–water partition coefficient (Wildman–Crippen LogP) is 2.71. The number of pyridine rings is 1. The Balaban J connectivity index is 2.87. The van der Waals surface area contributed by atoms with Crippen LogP contribution in [0.1, 0.15) is 18.2 Å². The Kier molecular flexibility index (Phi) is 3.28. The van der Waals surface area contributed by atoms with Crippen LogP contribution < -0.4 is 15.2 Å². The molecule has 2 aromatic rings. The van der Waals surface area contributed by atoms with Crippen molar-refractivity contribution in [3.63, 3.8) is 0 Å². The molecule has 2 N–H and O–H groups in total. The number of fused-ring (bicyclic) bond motifs is 1. The summed E-state index contributed by atoms with van der Waals surface area (Å²) in [5.74, 6) is 1.42. The molecule has 2 rings (SSSR count). The van der Waals surface area contributed by atoms with Gasteiger partial charge in [-0.2, -0.15) is 0 Å². The van der Waals surface area contributed by atoms with Crippen LogP contribution in [0.25, 0.3) is 10.9 Å². The fraction of sp³-hybridized carbons (Fsp3) is 0.357. The molecule has 1 aromatic carbocycles. The molecule has 1 heterocycles. The maximum absolute atomic E-state index is 6.24. The molecule has 0 aliphatic rings. The number of rotatable bonds is 3. The van der Waals surface area contributed by atoms with Gasteiger partial charge in [-0.15, -0.1) is 0 Å². The molecule has 0 amide bonds. The van der Waals surface area contributed by atoms with Gasteiger partial charge in [0.25, 0.3) is 0 Å². The third kappa shape index (κ3) is 1.83. The zero-order chi connectivity index (χ0) is 13.3. The van der Waals surface area contributed by atoms with Gasteiger partial charge in [0.2, 0.25) is 0 Å². The first kappa shape index (κ1) is 12.5. The van der Waals surface area contributed by atoms with E-state index < -0.39 is 0 Å². The molecule has 0 atom stereocenters. The van der Waals surface area contributed by atoms with Crippen molar-refractivity contribution in [2.24, 2.45) is 0 Å². The van der Waals surface area contributed by atoms with Crippen LogP contribution in [0.3, 0.4) is 0 Å². The van der Waals surface area contributed by atoms with Crippen molar-refractivity contribution < 1.29 is 9.47 Å². The van der Waals surface area contributed by atoms with Gasteiger partial charge in [-0.1, -0.05) is 6.92 Å². The molecule has 0 saturated carbocycles. The number of aromatic nitrogens is 1. The summed E-state index contributed by atoms with van der Waals surface area (Å²) in [7, 11) is 3.25. The summed E-state index contributed by atoms with van der Waals surface area (Å²) in [5, 5.41) is 0.862. The zero-order valence-electron chi connectivity index (χ0n) is 11.2. The molecule has 0 bridgehead atoms. The second kappa shape index (κ2) is 4.72. The SMILES string of the molecule is CCc1c(C)nc2cc(OC)cc(OC)c2c1N. The van der Waals surface area contributed by atoms with Crippen LogP contribution in [0.5, 0.6) is 11.5 Å². The van der Waals surface area contributed by atoms with Crippen LogP contribution in [-0.2, 0) is 6.42 Å². The molecule has 0 fully saturated rings. The fourth-order valence-corrected chi connectivity index (χ4v) is 2.25. The van der Waals surface area contributed by atoms with Crippen molar-refractivity contribution in [2.75, 3.05) is 20.0 Å². The predicted molar refractivity (Wildman–Crippen MR) is 73.4 cm³/mol. The van der Waals surface area contributed by atoms with Crippen LogP contribution >= 0.6 is 0 Å². The highest BCUT2D eigenvalue weighted by Crippen LogP contribution is 2.36. The minimum atomic E-state index is 0.698. The molecule has 0 unspecified atom stereocenters. The first-order chi connectivity index (χ1) is 8.62. The van der Waals surface area contributed by atoms with E-state index in [4.69, 9.17) is 15.2 Å². The number of hydrogen-bond donors (Lipinski definition) is 1. The molecule has 0 radical (unpaired) electrons. The Bertz CT molecular complexity index is 594. The highest BCUT2D eigenvalue weighted by Gasteiger charge is 2.14. The van der Waals surface area contributed by atoms with E-state index in [0.29, 0.717) is 5.75 Å². The molecule has 1 aromatic heterocycles. The van der Waals surface area contributed by atoms with E-state index in [-0.39, 0.29) is 0 Å². The minimum Gasteiger partial charge on any atom is -0.497 e. The van der Waals surface area contributed by atoms with Gasteiger partial charge >= 0.3 is 0 Å². The molecule has 0 aliphatic carbocycles. The van der Waals surface area contributed by atoms with E-state index in [1.54, 1.807) is 14.2 Å². The van der Waals surface area contributed by atoms with E-state index in [1.165, 1.54) is 0 Å². The van der Waals surface area contributed by atoms with Gasteiger partial charge in [0.15, 0.2) is 0 Å². The van der Waals surface area contributed by atoms with Crippen molar-refractivity contribution in [1.82, 2.24) is 4.98 Å². The monoisotopic (exact) mass is 246 g/mol. The van der Waals surface area contributed by atoms with Gasteiger partial charge in [0, 0.05) is 23.5 Å². The van der Waals surface area contributed by atoms with Crippen molar-refractivity contribution in [2.45, 2.75) is 20.3 Å². The van der Waals surface area contributed by atoms with Crippen LogP contribution in [-0.4, -0.2) is 19.2 Å². The average Bonchev–Trinajstić information content (AvgIpc) is 2.37. The maximum atomic E-state index is 6.24. The summed E-state index contributed by atoms with van der Waals surface area (Å²) in [5.41, 5.74) is 9.82. The fourth-order valence-electron chi connectivity index (χ4n) is 2.25. The lowest BCUT2D eigenvalue weighted by Gasteiger charge is -2.14. The Hall–Kier alpha value is -1.97. The van der Waals surface area contributed by atoms with Gasteiger partial charge < -0.3 is 15.2 Å². The quantitative estimate of drug-likeness (QED) is 0.904. The average molecular weight is 246 g/mol. The van der Waals surface area contributed by atoms with Crippen molar-refractivity contribution >= 4 is 16.6 Å². The second-order valence-electron chi connectivity index (χ2n) is 4.17. The molecule has 0 spiro atoms. The number of methoxy groups -OCH3 is 2. The number of nitrogens with zero attached hydrogens (tertiary/aromatic N) is 1. The van der Waals surface area contributed by atoms with Gasteiger partial charge in [-0.3, -0.25) is 4.98 Å². The molecule has 4 heteroatoms. The maximum Gasteiger partial charge on any atom is 0.134 e. The number of hydrogen-bond acceptors (Lipinski definition) is 4. The number of anilines is 1. The van der Waals surface area contributed by atoms with Crippen molar-refractivity contribution in [1.29, 1.82) is 0 Å². The Morgan fingerprint density at radius 2 is 1.94 bits per heavy atom. The van der Waals surface area contributed by atoms with Crippen LogP contribution in [0.2, 0.25) is 0 Å². The highest BCUT2D eigenvalue weighted by atomic mass is 16.5. The van der Waals surface area contributed by atoms with Gasteiger partial charge in [0.05, 0.1) is 25.1 Å². The number of aryl methyl sites for hydroxylation is 1. The summed E-state index contributed by atoms with van der Waals surface area (Å²) < 4.78 is 10.6. The normalized spacial score (nSPS) is 10.7. The first-order valence-electron chi connectivity index (χ1n) is 5.93. The topological polar surface area (TPSA) is 57.4 Å². The van der Waals surface area contributed by atoms with Crippen LogP contribution in [0.4, 0.5) is 5.69 Å². The first-order valence-corrected chi connectivity index (χ1v) is 5.93. The number of benzene rings is 1. The largest absolute Gasteiger partial charge is 0.497 e. The van der Waals surface area contributed by atoms with Gasteiger partial charge in [-0.05, 0) is 18.9 Å². The number of nitrogen functional groups attached to an aromatic ring is 1. The Morgan fingerprint density at radius 1 is 1.22 bits per heavy atom. The zero-order valence-corrected chi connectivity index (χ0v) is 11.2. The Morgan fingerprint density at radius 3 is 2.50 bits per heavy atom. The molecular weight excluding hydrogens is 228 g/mol. The molecule has 96 valence electrons. The summed E-state index contributed by atoms with van der Waals surface area (Å²) in [6, 6.07) is 3.70. The summed E-state index contributed by atoms with van der Waals surface area (Å²) in [4.78, 5) is 4.58.